The third-order valence-corrected chi connectivity index (χ3v) is 2.69. The summed E-state index contributed by atoms with van der Waals surface area (Å²) >= 11 is 6.00. The number of nitrogens with one attached hydrogen (secondary N) is 1. The van der Waals surface area contributed by atoms with Gasteiger partial charge in [-0.05, 0) is 25.1 Å². The zero-order valence-corrected chi connectivity index (χ0v) is 11.0. The van der Waals surface area contributed by atoms with Crippen LogP contribution in [0, 0.1) is 0 Å². The molecule has 0 bridgehead atoms. The number of aromatic nitrogens is 2. The molecule has 0 aliphatic heterocycles. The van der Waals surface area contributed by atoms with Gasteiger partial charge < -0.3 is 10.1 Å². The minimum absolute atomic E-state index is 0.613. The van der Waals surface area contributed by atoms with Crippen molar-refractivity contribution in [2.24, 2.45) is 0 Å². The SMILES string of the molecule is CCNc1ncc(-c2cc(Cl)ccc2OC)cn1. The molecule has 2 rings (SSSR count). The van der Waals surface area contributed by atoms with Gasteiger partial charge in [-0.15, -0.1) is 0 Å². The van der Waals surface area contributed by atoms with Gasteiger partial charge in [-0.3, -0.25) is 0 Å². The van der Waals surface area contributed by atoms with Crippen molar-refractivity contribution in [2.75, 3.05) is 19.0 Å². The van der Waals surface area contributed by atoms with Gasteiger partial charge in [0, 0.05) is 35.1 Å². The van der Waals surface area contributed by atoms with E-state index in [0.717, 1.165) is 23.4 Å². The molecule has 1 aromatic carbocycles. The van der Waals surface area contributed by atoms with Crippen LogP contribution in [0.5, 0.6) is 5.75 Å². The van der Waals surface area contributed by atoms with Crippen molar-refractivity contribution in [1.29, 1.82) is 0 Å². The molecule has 0 saturated heterocycles. The number of nitrogens with zero attached hydrogens (tertiary/aromatic N) is 2. The second-order valence-corrected chi connectivity index (χ2v) is 4.11. The van der Waals surface area contributed by atoms with Gasteiger partial charge in [0.25, 0.3) is 0 Å². The summed E-state index contributed by atoms with van der Waals surface area (Å²) in [5.74, 6) is 1.36. The van der Waals surface area contributed by atoms with E-state index >= 15 is 0 Å². The molecule has 0 amide bonds. The Bertz CT molecular complexity index is 528. The van der Waals surface area contributed by atoms with Crippen molar-refractivity contribution in [1.82, 2.24) is 9.97 Å². The molecule has 94 valence electrons. The molecule has 0 aliphatic rings. The van der Waals surface area contributed by atoms with Gasteiger partial charge in [0.2, 0.25) is 5.95 Å². The Hall–Kier alpha value is -1.81. The Morgan fingerprint density at radius 1 is 1.28 bits per heavy atom. The molecular weight excluding hydrogens is 250 g/mol. The van der Waals surface area contributed by atoms with E-state index < -0.39 is 0 Å². The van der Waals surface area contributed by atoms with E-state index in [2.05, 4.69) is 15.3 Å². The molecule has 1 aromatic heterocycles. The monoisotopic (exact) mass is 263 g/mol. The Labute approximate surface area is 111 Å². The third-order valence-electron chi connectivity index (χ3n) is 2.46. The molecule has 0 spiro atoms. The summed E-state index contributed by atoms with van der Waals surface area (Å²) in [6, 6.07) is 5.46. The van der Waals surface area contributed by atoms with Crippen molar-refractivity contribution in [2.45, 2.75) is 6.92 Å². The predicted octanol–water partition coefficient (Wildman–Crippen LogP) is 3.24. The summed E-state index contributed by atoms with van der Waals surface area (Å²) in [5, 5.41) is 3.70. The maximum absolute atomic E-state index is 6.00. The lowest BCUT2D eigenvalue weighted by molar-refractivity contribution is 0.416. The second kappa shape index (κ2) is 5.69. The Morgan fingerprint density at radius 2 is 2.00 bits per heavy atom. The van der Waals surface area contributed by atoms with Crippen molar-refractivity contribution in [3.05, 3.63) is 35.6 Å². The largest absolute Gasteiger partial charge is 0.496 e. The summed E-state index contributed by atoms with van der Waals surface area (Å²) in [7, 11) is 1.63. The van der Waals surface area contributed by atoms with Gasteiger partial charge in [0.15, 0.2) is 0 Å². The van der Waals surface area contributed by atoms with E-state index in [-0.39, 0.29) is 0 Å². The lowest BCUT2D eigenvalue weighted by atomic mass is 10.1. The van der Waals surface area contributed by atoms with E-state index in [1.807, 2.05) is 19.1 Å². The van der Waals surface area contributed by atoms with Crippen LogP contribution in [0.3, 0.4) is 0 Å². The first kappa shape index (κ1) is 12.6. The zero-order chi connectivity index (χ0) is 13.0. The molecular formula is C13H14ClN3O. The van der Waals surface area contributed by atoms with Crippen molar-refractivity contribution in [3.63, 3.8) is 0 Å². The molecule has 0 unspecified atom stereocenters. The van der Waals surface area contributed by atoms with Crippen LogP contribution in [-0.4, -0.2) is 23.6 Å². The van der Waals surface area contributed by atoms with E-state index in [4.69, 9.17) is 16.3 Å². The van der Waals surface area contributed by atoms with Crippen LogP contribution >= 0.6 is 11.6 Å². The van der Waals surface area contributed by atoms with Gasteiger partial charge in [-0.25, -0.2) is 9.97 Å². The highest BCUT2D eigenvalue weighted by atomic mass is 35.5. The average molecular weight is 264 g/mol. The summed E-state index contributed by atoms with van der Waals surface area (Å²) in [6.07, 6.45) is 3.50. The third kappa shape index (κ3) is 2.71. The van der Waals surface area contributed by atoms with E-state index in [1.165, 1.54) is 0 Å². The number of hydrogen-bond acceptors (Lipinski definition) is 4. The number of rotatable bonds is 4. The van der Waals surface area contributed by atoms with Crippen LogP contribution in [0.1, 0.15) is 6.92 Å². The van der Waals surface area contributed by atoms with Crippen LogP contribution in [-0.2, 0) is 0 Å². The number of anilines is 1. The first-order chi connectivity index (χ1) is 8.74. The fraction of sp³-hybridized carbons (Fsp3) is 0.231. The lowest BCUT2D eigenvalue weighted by Gasteiger charge is -2.09. The minimum atomic E-state index is 0.613. The standard InChI is InChI=1S/C13H14ClN3O/c1-3-15-13-16-7-9(8-17-13)11-6-10(14)4-5-12(11)18-2/h4-8H,3H2,1-2H3,(H,15,16,17). The van der Waals surface area contributed by atoms with Gasteiger partial charge in [-0.2, -0.15) is 0 Å². The fourth-order valence-electron chi connectivity index (χ4n) is 1.62. The van der Waals surface area contributed by atoms with E-state index in [1.54, 1.807) is 25.6 Å². The highest BCUT2D eigenvalue weighted by Gasteiger charge is 2.07. The van der Waals surface area contributed by atoms with Crippen molar-refractivity contribution < 1.29 is 4.74 Å². The van der Waals surface area contributed by atoms with Crippen LogP contribution in [0.15, 0.2) is 30.6 Å². The lowest BCUT2D eigenvalue weighted by Crippen LogP contribution is -2.01. The first-order valence-corrected chi connectivity index (χ1v) is 6.02. The van der Waals surface area contributed by atoms with Crippen LogP contribution in [0.4, 0.5) is 5.95 Å². The predicted molar refractivity (Wildman–Crippen MR) is 73.2 cm³/mol. The average Bonchev–Trinajstić information content (AvgIpc) is 2.40. The number of hydrogen-bond donors (Lipinski definition) is 1. The molecule has 0 atom stereocenters. The second-order valence-electron chi connectivity index (χ2n) is 3.67. The zero-order valence-electron chi connectivity index (χ0n) is 10.3. The topological polar surface area (TPSA) is 47.0 Å². The quantitative estimate of drug-likeness (QED) is 0.920. The fourth-order valence-corrected chi connectivity index (χ4v) is 1.79. The highest BCUT2D eigenvalue weighted by Crippen LogP contribution is 2.31. The number of benzene rings is 1. The summed E-state index contributed by atoms with van der Waals surface area (Å²) in [6.45, 7) is 2.79. The minimum Gasteiger partial charge on any atom is -0.496 e. The number of ether oxygens (including phenoxy) is 1. The number of halogens is 1. The summed E-state index contributed by atoms with van der Waals surface area (Å²) in [5.41, 5.74) is 1.75. The summed E-state index contributed by atoms with van der Waals surface area (Å²) < 4.78 is 5.30. The highest BCUT2D eigenvalue weighted by molar-refractivity contribution is 6.31. The van der Waals surface area contributed by atoms with Crippen molar-refractivity contribution in [3.8, 4) is 16.9 Å². The van der Waals surface area contributed by atoms with Gasteiger partial charge in [0.1, 0.15) is 5.75 Å². The molecule has 0 saturated carbocycles. The molecule has 0 radical (unpaired) electrons. The molecule has 0 aliphatic carbocycles. The van der Waals surface area contributed by atoms with Crippen LogP contribution in [0.25, 0.3) is 11.1 Å². The van der Waals surface area contributed by atoms with Gasteiger partial charge in [-0.1, -0.05) is 11.6 Å². The Morgan fingerprint density at radius 3 is 2.61 bits per heavy atom. The molecule has 5 heteroatoms. The molecule has 4 nitrogen and oxygen atoms in total. The molecule has 18 heavy (non-hydrogen) atoms. The summed E-state index contributed by atoms with van der Waals surface area (Å²) in [4.78, 5) is 8.46. The molecule has 1 heterocycles. The first-order valence-electron chi connectivity index (χ1n) is 5.64. The van der Waals surface area contributed by atoms with Crippen molar-refractivity contribution >= 4 is 17.5 Å². The smallest absolute Gasteiger partial charge is 0.222 e. The maximum Gasteiger partial charge on any atom is 0.222 e. The van der Waals surface area contributed by atoms with Crippen LogP contribution < -0.4 is 10.1 Å². The van der Waals surface area contributed by atoms with E-state index in [9.17, 15) is 0 Å². The normalized spacial score (nSPS) is 10.2. The Kier molecular flexibility index (Phi) is 3.99. The van der Waals surface area contributed by atoms with Gasteiger partial charge in [0.05, 0.1) is 7.11 Å². The molecule has 0 fully saturated rings. The Balaban J connectivity index is 2.38. The molecule has 2 aromatic rings. The number of methoxy groups -OCH3 is 1. The van der Waals surface area contributed by atoms with Crippen LogP contribution in [0.2, 0.25) is 5.02 Å². The maximum atomic E-state index is 6.00. The van der Waals surface area contributed by atoms with E-state index in [0.29, 0.717) is 11.0 Å². The van der Waals surface area contributed by atoms with Gasteiger partial charge >= 0.3 is 0 Å². The molecule has 1 N–H and O–H groups in total.